The van der Waals surface area contributed by atoms with E-state index >= 15 is 0 Å². The van der Waals surface area contributed by atoms with Crippen LogP contribution in [0.4, 0.5) is 0 Å². The van der Waals surface area contributed by atoms with E-state index in [9.17, 15) is 0 Å². The molecule has 0 unspecified atom stereocenters. The quantitative estimate of drug-likeness (QED) is 0.172. The Hall–Kier alpha value is -7.63. The van der Waals surface area contributed by atoms with Crippen LogP contribution in [0.2, 0.25) is 0 Å². The van der Waals surface area contributed by atoms with Crippen LogP contribution in [-0.2, 0) is 0 Å². The first kappa shape index (κ1) is 31.9. The molecule has 262 valence electrons. The monoisotopic (exact) mass is 716 g/mol. The predicted octanol–water partition coefficient (Wildman–Crippen LogP) is 13.2. The van der Waals surface area contributed by atoms with Gasteiger partial charge in [-0.05, 0) is 64.7 Å². The maximum absolute atomic E-state index is 6.18. The summed E-state index contributed by atoms with van der Waals surface area (Å²) in [7, 11) is 0. The molecule has 0 saturated carbocycles. The molecule has 0 aliphatic rings. The second-order valence-corrected chi connectivity index (χ2v) is 14.0. The molecule has 3 heterocycles. The summed E-state index contributed by atoms with van der Waals surface area (Å²) >= 11 is 0. The number of rotatable bonds is 6. The molecule has 5 nitrogen and oxygen atoms in total. The summed E-state index contributed by atoms with van der Waals surface area (Å²) in [5.74, 6) is 1.85. The van der Waals surface area contributed by atoms with Crippen molar-refractivity contribution in [1.82, 2.24) is 19.5 Å². The third-order valence-electron chi connectivity index (χ3n) is 10.7. The van der Waals surface area contributed by atoms with Crippen molar-refractivity contribution in [2.45, 2.75) is 0 Å². The van der Waals surface area contributed by atoms with E-state index < -0.39 is 0 Å². The molecule has 8 aromatic carbocycles. The molecule has 5 heteroatoms. The summed E-state index contributed by atoms with van der Waals surface area (Å²) in [6.07, 6.45) is 0. The highest BCUT2D eigenvalue weighted by Crippen LogP contribution is 2.42. The van der Waals surface area contributed by atoms with E-state index in [0.29, 0.717) is 17.5 Å². The van der Waals surface area contributed by atoms with Crippen LogP contribution >= 0.6 is 0 Å². The molecule has 56 heavy (non-hydrogen) atoms. The van der Waals surface area contributed by atoms with Gasteiger partial charge in [0.15, 0.2) is 17.5 Å². The number of fused-ring (bicyclic) bond motifs is 6. The van der Waals surface area contributed by atoms with E-state index in [1.54, 1.807) is 0 Å². The van der Waals surface area contributed by atoms with Crippen LogP contribution in [-0.4, -0.2) is 19.5 Å². The zero-order chi connectivity index (χ0) is 37.0. The number of benzene rings is 8. The predicted molar refractivity (Wildman–Crippen MR) is 229 cm³/mol. The van der Waals surface area contributed by atoms with Crippen molar-refractivity contribution >= 4 is 43.7 Å². The summed E-state index contributed by atoms with van der Waals surface area (Å²) < 4.78 is 8.50. The molecule has 0 N–H and O–H groups in total. The lowest BCUT2D eigenvalue weighted by Crippen LogP contribution is -2.01. The van der Waals surface area contributed by atoms with Crippen molar-refractivity contribution in [3.63, 3.8) is 0 Å². The lowest BCUT2D eigenvalue weighted by atomic mass is 9.91. The van der Waals surface area contributed by atoms with Crippen LogP contribution in [0.25, 0.3) is 106 Å². The first-order valence-corrected chi connectivity index (χ1v) is 18.8. The normalized spacial score (nSPS) is 11.6. The van der Waals surface area contributed by atoms with Gasteiger partial charge >= 0.3 is 0 Å². The molecule has 0 aliphatic carbocycles. The Morgan fingerprint density at radius 1 is 0.339 bits per heavy atom. The highest BCUT2D eigenvalue weighted by molar-refractivity contribution is 6.15. The van der Waals surface area contributed by atoms with Crippen molar-refractivity contribution in [1.29, 1.82) is 0 Å². The first-order chi connectivity index (χ1) is 27.8. The van der Waals surface area contributed by atoms with Gasteiger partial charge in [0.25, 0.3) is 0 Å². The Bertz CT molecular complexity index is 3250. The molecule has 0 radical (unpaired) electrons. The van der Waals surface area contributed by atoms with Crippen LogP contribution in [0, 0.1) is 0 Å². The van der Waals surface area contributed by atoms with E-state index in [1.165, 1.54) is 0 Å². The smallest absolute Gasteiger partial charge is 0.164 e. The number of para-hydroxylation sites is 3. The molecular weight excluding hydrogens is 685 g/mol. The third-order valence-corrected chi connectivity index (χ3v) is 10.7. The van der Waals surface area contributed by atoms with Crippen molar-refractivity contribution < 1.29 is 4.42 Å². The van der Waals surface area contributed by atoms with Crippen molar-refractivity contribution in [3.05, 3.63) is 194 Å². The fourth-order valence-electron chi connectivity index (χ4n) is 8.17. The molecule has 11 rings (SSSR count). The largest absolute Gasteiger partial charge is 0.456 e. The Labute approximate surface area is 322 Å². The van der Waals surface area contributed by atoms with Crippen LogP contribution in [0.5, 0.6) is 0 Å². The van der Waals surface area contributed by atoms with Gasteiger partial charge in [-0.2, -0.15) is 0 Å². The van der Waals surface area contributed by atoms with E-state index in [-0.39, 0.29) is 0 Å². The second kappa shape index (κ2) is 13.0. The minimum Gasteiger partial charge on any atom is -0.456 e. The maximum Gasteiger partial charge on any atom is 0.164 e. The molecule has 3 aromatic heterocycles. The molecule has 0 bridgehead atoms. The highest BCUT2D eigenvalue weighted by atomic mass is 16.3. The number of aromatic nitrogens is 4. The molecule has 0 atom stereocenters. The second-order valence-electron chi connectivity index (χ2n) is 14.0. The molecule has 11 aromatic rings. The van der Waals surface area contributed by atoms with Crippen molar-refractivity contribution in [2.75, 3.05) is 0 Å². The molecule has 0 spiro atoms. The van der Waals surface area contributed by atoms with Gasteiger partial charge in [0.2, 0.25) is 0 Å². The molecule has 0 aliphatic heterocycles. The van der Waals surface area contributed by atoms with E-state index in [4.69, 9.17) is 19.4 Å². The fourth-order valence-corrected chi connectivity index (χ4v) is 8.17. The van der Waals surface area contributed by atoms with Gasteiger partial charge in [0.1, 0.15) is 11.2 Å². The van der Waals surface area contributed by atoms with E-state index in [1.807, 2.05) is 30.3 Å². The lowest BCUT2D eigenvalue weighted by Gasteiger charge is -2.15. The number of hydrogen-bond donors (Lipinski definition) is 0. The van der Waals surface area contributed by atoms with Gasteiger partial charge in [-0.3, -0.25) is 0 Å². The van der Waals surface area contributed by atoms with Crippen molar-refractivity contribution in [3.8, 4) is 62.1 Å². The summed E-state index contributed by atoms with van der Waals surface area (Å²) in [6.45, 7) is 0. The van der Waals surface area contributed by atoms with Crippen LogP contribution < -0.4 is 0 Å². The minimum atomic E-state index is 0.610. The van der Waals surface area contributed by atoms with Gasteiger partial charge in [-0.15, -0.1) is 0 Å². The molecular formula is C51H32N4O. The van der Waals surface area contributed by atoms with Crippen LogP contribution in [0.1, 0.15) is 0 Å². The summed E-state index contributed by atoms with van der Waals surface area (Å²) in [5, 5.41) is 4.44. The fraction of sp³-hybridized carbons (Fsp3) is 0. The Morgan fingerprint density at radius 2 is 0.893 bits per heavy atom. The average Bonchev–Trinajstić information content (AvgIpc) is 3.82. The standard InChI is InChI=1S/C51H32N4O/c1-3-16-33(17-4-1)49-52-50(54-51(53-49)42-26-15-28-45-48(42)41-25-11-13-27-44(41)55(45)35-18-5-2-6-19-35)40-24-10-9-22-38(40)37-21-8-7-20-36(37)34-30-31-47-43(32-34)39-23-12-14-29-46(39)56-47/h1-32H. The van der Waals surface area contributed by atoms with Crippen LogP contribution in [0.15, 0.2) is 199 Å². The maximum atomic E-state index is 6.18. The summed E-state index contributed by atoms with van der Waals surface area (Å²) in [5.41, 5.74) is 12.2. The minimum absolute atomic E-state index is 0.610. The Balaban J connectivity index is 1.13. The van der Waals surface area contributed by atoms with Crippen molar-refractivity contribution in [2.24, 2.45) is 0 Å². The first-order valence-electron chi connectivity index (χ1n) is 18.8. The number of nitrogens with zero attached hydrogens (tertiary/aromatic N) is 4. The van der Waals surface area contributed by atoms with Gasteiger partial charge in [-0.25, -0.2) is 15.0 Å². The Morgan fingerprint density at radius 3 is 1.70 bits per heavy atom. The topological polar surface area (TPSA) is 56.7 Å². The summed E-state index contributed by atoms with van der Waals surface area (Å²) in [6, 6.07) is 67.4. The summed E-state index contributed by atoms with van der Waals surface area (Å²) in [4.78, 5) is 15.8. The van der Waals surface area contributed by atoms with E-state index in [0.717, 1.165) is 88.4 Å². The molecule has 0 amide bonds. The van der Waals surface area contributed by atoms with Gasteiger partial charge in [0, 0.05) is 43.9 Å². The van der Waals surface area contributed by atoms with Gasteiger partial charge in [-0.1, -0.05) is 152 Å². The highest BCUT2D eigenvalue weighted by Gasteiger charge is 2.21. The van der Waals surface area contributed by atoms with Crippen LogP contribution in [0.3, 0.4) is 0 Å². The average molecular weight is 717 g/mol. The van der Waals surface area contributed by atoms with Gasteiger partial charge < -0.3 is 8.98 Å². The number of hydrogen-bond acceptors (Lipinski definition) is 4. The lowest BCUT2D eigenvalue weighted by molar-refractivity contribution is 0.669. The number of furan rings is 1. The zero-order valence-corrected chi connectivity index (χ0v) is 30.2. The third kappa shape index (κ3) is 5.21. The SMILES string of the molecule is c1ccc(-c2nc(-c3ccccc3-c3ccccc3-c3ccc4oc5ccccc5c4c3)nc(-c3cccc4c3c3ccccc3n4-c3ccccc3)n2)cc1. The Kier molecular flexibility index (Phi) is 7.42. The molecule has 0 saturated heterocycles. The zero-order valence-electron chi connectivity index (χ0n) is 30.2. The molecule has 0 fully saturated rings. The van der Waals surface area contributed by atoms with E-state index in [2.05, 4.69) is 168 Å². The van der Waals surface area contributed by atoms with Gasteiger partial charge in [0.05, 0.1) is 11.0 Å².